The molecule has 0 aliphatic heterocycles. The van der Waals surface area contributed by atoms with Crippen LogP contribution in [-0.4, -0.2) is 0 Å². The van der Waals surface area contributed by atoms with Gasteiger partial charge in [0.2, 0.25) is 0 Å². The van der Waals surface area contributed by atoms with Crippen LogP contribution < -0.4 is 4.90 Å². The first-order valence-corrected chi connectivity index (χ1v) is 13.6. The molecule has 152 valence electrons. The summed E-state index contributed by atoms with van der Waals surface area (Å²) in [7, 11) is 0. The van der Waals surface area contributed by atoms with Crippen molar-refractivity contribution in [3.05, 3.63) is 110 Å². The summed E-state index contributed by atoms with van der Waals surface area (Å²) < 4.78 is 2.47. The maximum Gasteiger partial charge on any atom is 0.0462 e. The van der Waals surface area contributed by atoms with Gasteiger partial charge in [0, 0.05) is 38.8 Å². The van der Waals surface area contributed by atoms with E-state index in [-0.39, 0.29) is 0 Å². The third-order valence-corrected chi connectivity index (χ3v) is 8.59. The molecule has 0 spiro atoms. The van der Waals surface area contributed by atoms with Gasteiger partial charge in [0.1, 0.15) is 0 Å². The van der Waals surface area contributed by atoms with Gasteiger partial charge in [-0.15, -0.1) is 22.7 Å². The molecule has 0 fully saturated rings. The Balaban J connectivity index is 1.50. The van der Waals surface area contributed by atoms with E-state index in [2.05, 4.69) is 153 Å². The minimum Gasteiger partial charge on any atom is -0.311 e. The van der Waals surface area contributed by atoms with Crippen LogP contribution in [0.15, 0.2) is 102 Å². The number of nitrogens with zero attached hydrogens (tertiary/aromatic N) is 1. The lowest BCUT2D eigenvalue weighted by Crippen LogP contribution is -2.09. The van der Waals surface area contributed by atoms with E-state index in [0.29, 0.717) is 0 Å². The lowest BCUT2D eigenvalue weighted by Gasteiger charge is -2.25. The predicted octanol–water partition coefficient (Wildman–Crippen LogP) is 9.82. The third-order valence-electron chi connectivity index (χ3n) is 4.95. The molecule has 0 aliphatic carbocycles. The largest absolute Gasteiger partial charge is 0.311 e. The molecular formula is C26H17I2NS2. The molecule has 0 amide bonds. The van der Waals surface area contributed by atoms with Gasteiger partial charge in [-0.05, 0) is 135 Å². The zero-order valence-corrected chi connectivity index (χ0v) is 22.3. The lowest BCUT2D eigenvalue weighted by atomic mass is 10.1. The topological polar surface area (TPSA) is 3.24 Å². The van der Waals surface area contributed by atoms with Crippen LogP contribution in [0.3, 0.4) is 0 Å². The molecule has 2 aromatic heterocycles. The van der Waals surface area contributed by atoms with Gasteiger partial charge >= 0.3 is 0 Å². The summed E-state index contributed by atoms with van der Waals surface area (Å²) >= 11 is 8.34. The first-order chi connectivity index (χ1) is 15.2. The van der Waals surface area contributed by atoms with Crippen molar-refractivity contribution in [2.45, 2.75) is 0 Å². The summed E-state index contributed by atoms with van der Waals surface area (Å²) in [5.74, 6) is 0. The summed E-state index contributed by atoms with van der Waals surface area (Å²) in [5, 5.41) is 2.13. The zero-order chi connectivity index (χ0) is 21.2. The number of anilines is 3. The smallest absolute Gasteiger partial charge is 0.0462 e. The van der Waals surface area contributed by atoms with Crippen molar-refractivity contribution in [3.63, 3.8) is 0 Å². The lowest BCUT2D eigenvalue weighted by molar-refractivity contribution is 1.28. The van der Waals surface area contributed by atoms with Crippen molar-refractivity contribution < 1.29 is 0 Å². The number of benzene rings is 3. The highest BCUT2D eigenvalue weighted by Gasteiger charge is 2.13. The molecule has 3 aromatic carbocycles. The summed E-state index contributed by atoms with van der Waals surface area (Å²) in [6.45, 7) is 0. The minimum absolute atomic E-state index is 1.15. The van der Waals surface area contributed by atoms with E-state index in [1.165, 1.54) is 27.3 Å². The van der Waals surface area contributed by atoms with Crippen LogP contribution in [0, 0.1) is 7.14 Å². The molecule has 0 saturated heterocycles. The molecule has 0 atom stereocenters. The van der Waals surface area contributed by atoms with Gasteiger partial charge in [-0.1, -0.05) is 18.2 Å². The van der Waals surface area contributed by atoms with E-state index in [1.807, 2.05) is 11.3 Å². The molecule has 0 bridgehead atoms. The second-order valence-electron chi connectivity index (χ2n) is 6.98. The van der Waals surface area contributed by atoms with Gasteiger partial charge < -0.3 is 4.90 Å². The normalized spacial score (nSPS) is 10.9. The Kier molecular flexibility index (Phi) is 6.45. The maximum atomic E-state index is 2.35. The highest BCUT2D eigenvalue weighted by atomic mass is 127. The van der Waals surface area contributed by atoms with Crippen LogP contribution in [0.5, 0.6) is 0 Å². The molecule has 0 saturated carbocycles. The molecule has 5 rings (SSSR count). The Hall–Kier alpha value is -1.68. The summed E-state index contributed by atoms with van der Waals surface area (Å²) in [5.41, 5.74) is 4.72. The van der Waals surface area contributed by atoms with Gasteiger partial charge in [-0.2, -0.15) is 0 Å². The average Bonchev–Trinajstić information content (AvgIpc) is 3.49. The fourth-order valence-corrected chi connectivity index (χ4v) is 6.01. The third kappa shape index (κ3) is 4.74. The van der Waals surface area contributed by atoms with Crippen molar-refractivity contribution in [1.82, 2.24) is 0 Å². The molecule has 0 unspecified atom stereocenters. The molecule has 5 heteroatoms. The van der Waals surface area contributed by atoms with E-state index in [0.717, 1.165) is 17.1 Å². The number of halogens is 2. The molecule has 0 radical (unpaired) electrons. The van der Waals surface area contributed by atoms with Crippen molar-refractivity contribution in [2.75, 3.05) is 4.90 Å². The average molecular weight is 661 g/mol. The van der Waals surface area contributed by atoms with E-state index in [4.69, 9.17) is 0 Å². The van der Waals surface area contributed by atoms with Gasteiger partial charge in [-0.25, -0.2) is 0 Å². The number of hydrogen-bond donors (Lipinski definition) is 0. The summed E-state index contributed by atoms with van der Waals surface area (Å²) in [6, 6.07) is 35.0. The van der Waals surface area contributed by atoms with Crippen LogP contribution in [0.25, 0.3) is 20.2 Å². The Morgan fingerprint density at radius 2 is 1.03 bits per heavy atom. The van der Waals surface area contributed by atoms with Gasteiger partial charge in [0.15, 0.2) is 0 Å². The molecule has 2 heterocycles. The summed E-state index contributed by atoms with van der Waals surface area (Å²) in [6.07, 6.45) is 0. The quantitative estimate of drug-likeness (QED) is 0.170. The van der Waals surface area contributed by atoms with Crippen molar-refractivity contribution >= 4 is 84.9 Å². The maximum absolute atomic E-state index is 2.35. The van der Waals surface area contributed by atoms with Crippen LogP contribution in [0.2, 0.25) is 0 Å². The SMILES string of the molecule is Ic1ccc(N(c2ccc(I)cc2)c2ccc(-c3ccc(-c4cccs4)s3)cc2)cc1. The van der Waals surface area contributed by atoms with Crippen LogP contribution in [0.4, 0.5) is 17.1 Å². The van der Waals surface area contributed by atoms with E-state index in [1.54, 1.807) is 11.3 Å². The second-order valence-corrected chi connectivity index (χ2v) is 11.5. The van der Waals surface area contributed by atoms with Crippen molar-refractivity contribution in [2.24, 2.45) is 0 Å². The second kappa shape index (κ2) is 9.44. The predicted molar refractivity (Wildman–Crippen MR) is 153 cm³/mol. The highest BCUT2D eigenvalue weighted by molar-refractivity contribution is 14.1. The molecular weight excluding hydrogens is 644 g/mol. The number of hydrogen-bond acceptors (Lipinski definition) is 3. The summed E-state index contributed by atoms with van der Waals surface area (Å²) in [4.78, 5) is 6.26. The first-order valence-electron chi connectivity index (χ1n) is 9.73. The Labute approximate surface area is 217 Å². The molecule has 0 aliphatic rings. The monoisotopic (exact) mass is 661 g/mol. The van der Waals surface area contributed by atoms with Crippen LogP contribution in [-0.2, 0) is 0 Å². The standard InChI is InChI=1S/C26H17I2NS2/c27-19-5-11-22(12-6-19)29(23-13-7-20(28)8-14-23)21-9-3-18(4-10-21)24-15-16-26(31-24)25-2-1-17-30-25/h1-17H. The number of thiophene rings is 2. The van der Waals surface area contributed by atoms with Gasteiger partial charge in [0.25, 0.3) is 0 Å². The molecule has 31 heavy (non-hydrogen) atoms. The highest BCUT2D eigenvalue weighted by Crippen LogP contribution is 2.39. The van der Waals surface area contributed by atoms with Gasteiger partial charge in [0.05, 0.1) is 0 Å². The van der Waals surface area contributed by atoms with E-state index < -0.39 is 0 Å². The van der Waals surface area contributed by atoms with Crippen LogP contribution >= 0.6 is 67.9 Å². The molecule has 1 nitrogen and oxygen atoms in total. The van der Waals surface area contributed by atoms with Crippen molar-refractivity contribution in [1.29, 1.82) is 0 Å². The minimum atomic E-state index is 1.15. The van der Waals surface area contributed by atoms with E-state index >= 15 is 0 Å². The fraction of sp³-hybridized carbons (Fsp3) is 0. The molecule has 0 N–H and O–H groups in total. The van der Waals surface area contributed by atoms with Crippen LogP contribution in [0.1, 0.15) is 0 Å². The Morgan fingerprint density at radius 1 is 0.516 bits per heavy atom. The zero-order valence-electron chi connectivity index (χ0n) is 16.3. The number of rotatable bonds is 5. The molecule has 5 aromatic rings. The van der Waals surface area contributed by atoms with Crippen molar-refractivity contribution in [3.8, 4) is 20.2 Å². The van der Waals surface area contributed by atoms with E-state index in [9.17, 15) is 0 Å². The van der Waals surface area contributed by atoms with Gasteiger partial charge in [-0.3, -0.25) is 0 Å². The Bertz CT molecular complexity index is 1230. The fourth-order valence-electron chi connectivity index (χ4n) is 3.45. The Morgan fingerprint density at radius 3 is 1.55 bits per heavy atom. The first kappa shape index (κ1) is 21.2.